The first kappa shape index (κ1) is 17.1. The van der Waals surface area contributed by atoms with Gasteiger partial charge in [-0.25, -0.2) is 9.59 Å². The molecular formula is C13H17NO6S. The molecule has 1 rings (SSSR count). The molecule has 8 heteroatoms. The van der Waals surface area contributed by atoms with Crippen LogP contribution in [-0.4, -0.2) is 42.4 Å². The van der Waals surface area contributed by atoms with Crippen LogP contribution in [0.4, 0.5) is 0 Å². The van der Waals surface area contributed by atoms with Gasteiger partial charge in [0.2, 0.25) is 6.41 Å². The number of nitrogens with one attached hydrogen (secondary N) is 1. The molecule has 0 saturated heterocycles. The maximum absolute atomic E-state index is 11.4. The van der Waals surface area contributed by atoms with Gasteiger partial charge < -0.3 is 19.6 Å². The number of hydrogen-bond donors (Lipinski definition) is 2. The molecule has 1 unspecified atom stereocenters. The Morgan fingerprint density at radius 3 is 2.86 bits per heavy atom. The highest BCUT2D eigenvalue weighted by Gasteiger charge is 2.17. The summed E-state index contributed by atoms with van der Waals surface area (Å²) in [7, 11) is 1.30. The summed E-state index contributed by atoms with van der Waals surface area (Å²) in [5.74, 6) is 0.630. The van der Waals surface area contributed by atoms with Gasteiger partial charge in [-0.3, -0.25) is 4.79 Å². The number of aryl methyl sites for hydroxylation is 1. The third-order valence-corrected chi connectivity index (χ3v) is 3.75. The van der Waals surface area contributed by atoms with Crippen LogP contribution in [0.3, 0.4) is 0 Å². The van der Waals surface area contributed by atoms with Crippen LogP contribution >= 0.6 is 11.8 Å². The molecule has 1 aromatic rings. The number of esters is 1. The fourth-order valence-electron chi connectivity index (χ4n) is 1.66. The first-order valence-electron chi connectivity index (χ1n) is 6.17. The summed E-state index contributed by atoms with van der Waals surface area (Å²) in [6.07, 6.45) is 0.685. The first-order chi connectivity index (χ1) is 9.99. The second-order valence-corrected chi connectivity index (χ2v) is 5.30. The molecule has 0 spiro atoms. The number of ether oxygens (including phenoxy) is 1. The molecule has 21 heavy (non-hydrogen) atoms. The summed E-state index contributed by atoms with van der Waals surface area (Å²) >= 11 is 1.45. The minimum Gasteiger partial charge on any atom is -0.480 e. The maximum atomic E-state index is 11.4. The summed E-state index contributed by atoms with van der Waals surface area (Å²) in [6.45, 7) is 1.68. The van der Waals surface area contributed by atoms with E-state index in [4.69, 9.17) is 9.52 Å². The van der Waals surface area contributed by atoms with Crippen molar-refractivity contribution in [1.82, 2.24) is 5.32 Å². The molecule has 0 saturated carbocycles. The van der Waals surface area contributed by atoms with Crippen LogP contribution < -0.4 is 5.32 Å². The van der Waals surface area contributed by atoms with Crippen LogP contribution in [0.5, 0.6) is 0 Å². The highest BCUT2D eigenvalue weighted by molar-refractivity contribution is 7.98. The Hall–Kier alpha value is -1.96. The van der Waals surface area contributed by atoms with Crippen LogP contribution in [0.1, 0.15) is 28.3 Å². The topological polar surface area (TPSA) is 106 Å². The Balaban J connectivity index is 2.44. The fraction of sp³-hybridized carbons (Fsp3) is 0.462. The van der Waals surface area contributed by atoms with Crippen LogP contribution in [0, 0.1) is 6.92 Å². The zero-order chi connectivity index (χ0) is 15.8. The number of hydrogen-bond acceptors (Lipinski definition) is 6. The van der Waals surface area contributed by atoms with Crippen molar-refractivity contribution in [3.8, 4) is 0 Å². The monoisotopic (exact) mass is 315 g/mol. The molecule has 2 N–H and O–H groups in total. The summed E-state index contributed by atoms with van der Waals surface area (Å²) in [5.41, 5.74) is 0.388. The number of rotatable bonds is 9. The minimum absolute atomic E-state index is 0.308. The van der Waals surface area contributed by atoms with Crippen LogP contribution in [-0.2, 0) is 20.1 Å². The van der Waals surface area contributed by atoms with Gasteiger partial charge >= 0.3 is 11.9 Å². The molecular weight excluding hydrogens is 298 g/mol. The number of methoxy groups -OCH3 is 1. The molecule has 0 bridgehead atoms. The minimum atomic E-state index is -1.07. The number of carboxylic acids is 1. The lowest BCUT2D eigenvalue weighted by atomic mass is 10.2. The molecule has 1 aromatic heterocycles. The van der Waals surface area contributed by atoms with Crippen LogP contribution in [0.2, 0.25) is 0 Å². The summed E-state index contributed by atoms with van der Waals surface area (Å²) in [5, 5.41) is 11.1. The van der Waals surface area contributed by atoms with E-state index in [0.717, 1.165) is 0 Å². The lowest BCUT2D eigenvalue weighted by molar-refractivity contribution is -0.140. The van der Waals surface area contributed by atoms with E-state index in [1.165, 1.54) is 18.9 Å². The first-order valence-corrected chi connectivity index (χ1v) is 7.33. The number of carbonyl (C=O) groups is 3. The second-order valence-electron chi connectivity index (χ2n) is 4.19. The zero-order valence-corrected chi connectivity index (χ0v) is 12.6. The number of carbonyl (C=O) groups excluding carboxylic acids is 2. The summed E-state index contributed by atoms with van der Waals surface area (Å²) in [6, 6.07) is 0.728. The normalized spacial score (nSPS) is 11.7. The van der Waals surface area contributed by atoms with Crippen LogP contribution in [0.25, 0.3) is 0 Å². The fourth-order valence-corrected chi connectivity index (χ4v) is 2.55. The quantitative estimate of drug-likeness (QED) is 0.400. The van der Waals surface area contributed by atoms with Crippen molar-refractivity contribution < 1.29 is 28.6 Å². The van der Waals surface area contributed by atoms with Gasteiger partial charge in [-0.2, -0.15) is 11.8 Å². The van der Waals surface area contributed by atoms with E-state index in [1.807, 2.05) is 0 Å². The van der Waals surface area contributed by atoms with Gasteiger partial charge in [0.15, 0.2) is 0 Å². The van der Waals surface area contributed by atoms with Gasteiger partial charge in [0, 0.05) is 0 Å². The average Bonchev–Trinajstić information content (AvgIpc) is 2.82. The molecule has 0 aromatic carbocycles. The Morgan fingerprint density at radius 2 is 2.29 bits per heavy atom. The number of thioether (sulfide) groups is 1. The Kier molecular flexibility index (Phi) is 6.80. The van der Waals surface area contributed by atoms with E-state index >= 15 is 0 Å². The smallest absolute Gasteiger partial charge is 0.341 e. The maximum Gasteiger partial charge on any atom is 0.341 e. The van der Waals surface area contributed by atoms with Gasteiger partial charge in [0.1, 0.15) is 23.1 Å². The van der Waals surface area contributed by atoms with Gasteiger partial charge in [0.25, 0.3) is 0 Å². The Morgan fingerprint density at radius 1 is 1.57 bits per heavy atom. The standard InChI is InChI=1S/C13H17NO6S/c1-8-10(13(18)19-2)5-9(20-8)6-21-4-3-11(12(16)17)14-7-15/h5,7,11H,3-4,6H2,1-2H3,(H,14,15)(H,16,17). The largest absolute Gasteiger partial charge is 0.480 e. The Bertz CT molecular complexity index is 513. The number of carboxylic acid groups (broad SMARTS) is 1. The third-order valence-electron chi connectivity index (χ3n) is 2.74. The SMILES string of the molecule is COC(=O)c1cc(CSCCC(NC=O)C(=O)O)oc1C. The lowest BCUT2D eigenvalue weighted by Crippen LogP contribution is -2.36. The second kappa shape index (κ2) is 8.35. The summed E-state index contributed by atoms with van der Waals surface area (Å²) in [4.78, 5) is 32.5. The molecule has 1 atom stereocenters. The summed E-state index contributed by atoms with van der Waals surface area (Å²) < 4.78 is 10.1. The van der Waals surface area contributed by atoms with Gasteiger partial charge in [-0.1, -0.05) is 0 Å². The number of aliphatic carboxylic acids is 1. The predicted molar refractivity (Wildman–Crippen MR) is 76.2 cm³/mol. The molecule has 0 aliphatic rings. The molecule has 1 amide bonds. The highest BCUT2D eigenvalue weighted by atomic mass is 32.2. The molecule has 1 heterocycles. The molecule has 0 aliphatic heterocycles. The van der Waals surface area contributed by atoms with E-state index in [9.17, 15) is 14.4 Å². The average molecular weight is 315 g/mol. The number of amides is 1. The van der Waals surface area contributed by atoms with Crippen molar-refractivity contribution in [3.05, 3.63) is 23.2 Å². The van der Waals surface area contributed by atoms with Crippen molar-refractivity contribution in [2.24, 2.45) is 0 Å². The molecule has 0 fully saturated rings. The molecule has 0 radical (unpaired) electrons. The van der Waals surface area contributed by atoms with Crippen molar-refractivity contribution in [3.63, 3.8) is 0 Å². The highest BCUT2D eigenvalue weighted by Crippen LogP contribution is 2.20. The van der Waals surface area contributed by atoms with E-state index in [1.54, 1.807) is 13.0 Å². The molecule has 116 valence electrons. The lowest BCUT2D eigenvalue weighted by Gasteiger charge is -2.09. The third kappa shape index (κ3) is 5.14. The van der Waals surface area contributed by atoms with E-state index in [2.05, 4.69) is 10.1 Å². The number of furan rings is 1. The molecule has 7 nitrogen and oxygen atoms in total. The van der Waals surface area contributed by atoms with Gasteiger partial charge in [-0.15, -0.1) is 0 Å². The van der Waals surface area contributed by atoms with E-state index in [-0.39, 0.29) is 0 Å². The van der Waals surface area contributed by atoms with Crippen molar-refractivity contribution in [1.29, 1.82) is 0 Å². The van der Waals surface area contributed by atoms with Gasteiger partial charge in [0.05, 0.1) is 12.9 Å². The van der Waals surface area contributed by atoms with E-state index in [0.29, 0.717) is 41.4 Å². The van der Waals surface area contributed by atoms with Crippen molar-refractivity contribution in [2.75, 3.05) is 12.9 Å². The van der Waals surface area contributed by atoms with Crippen LogP contribution in [0.15, 0.2) is 10.5 Å². The van der Waals surface area contributed by atoms with Crippen molar-refractivity contribution in [2.45, 2.75) is 25.1 Å². The van der Waals surface area contributed by atoms with Gasteiger partial charge in [-0.05, 0) is 25.2 Å². The Labute approximate surface area is 126 Å². The predicted octanol–water partition coefficient (Wildman–Crippen LogP) is 1.20. The van der Waals surface area contributed by atoms with Crippen molar-refractivity contribution >= 4 is 30.1 Å². The van der Waals surface area contributed by atoms with E-state index < -0.39 is 18.0 Å². The molecule has 0 aliphatic carbocycles. The zero-order valence-electron chi connectivity index (χ0n) is 11.8.